The Morgan fingerprint density at radius 3 is 2.62 bits per heavy atom. The summed E-state index contributed by atoms with van der Waals surface area (Å²) < 4.78 is 13.1. The van der Waals surface area contributed by atoms with E-state index in [9.17, 15) is 14.0 Å². The molecule has 3 aromatic rings. The molecule has 2 heterocycles. The van der Waals surface area contributed by atoms with Gasteiger partial charge in [-0.05, 0) is 43.0 Å². The maximum Gasteiger partial charge on any atom is 0.231 e. The molecule has 0 radical (unpaired) electrons. The highest BCUT2D eigenvalue weighted by Gasteiger charge is 2.29. The molecular weight excluding hydrogens is 425 g/mol. The summed E-state index contributed by atoms with van der Waals surface area (Å²) in [7, 11) is 0. The van der Waals surface area contributed by atoms with E-state index in [1.165, 1.54) is 23.5 Å². The summed E-state index contributed by atoms with van der Waals surface area (Å²) in [5, 5.41) is 3.51. The van der Waals surface area contributed by atoms with Gasteiger partial charge in [0.05, 0.1) is 18.0 Å². The van der Waals surface area contributed by atoms with Crippen molar-refractivity contribution in [3.8, 4) is 0 Å². The first-order valence-corrected chi connectivity index (χ1v) is 11.6. The first-order valence-electron chi connectivity index (χ1n) is 10.8. The van der Waals surface area contributed by atoms with Gasteiger partial charge < -0.3 is 10.2 Å². The molecule has 2 aromatic carbocycles. The lowest BCUT2D eigenvalue weighted by Crippen LogP contribution is -2.44. The molecule has 32 heavy (non-hydrogen) atoms. The third-order valence-electron chi connectivity index (χ3n) is 5.74. The maximum atomic E-state index is 13.1. The summed E-state index contributed by atoms with van der Waals surface area (Å²) in [6.45, 7) is 3.04. The lowest BCUT2D eigenvalue weighted by molar-refractivity contribution is -0.133. The van der Waals surface area contributed by atoms with Gasteiger partial charge in [-0.1, -0.05) is 42.5 Å². The normalized spacial score (nSPS) is 16.1. The highest BCUT2D eigenvalue weighted by atomic mass is 32.1. The van der Waals surface area contributed by atoms with Crippen molar-refractivity contribution >= 4 is 28.3 Å². The minimum absolute atomic E-state index is 0.0559. The van der Waals surface area contributed by atoms with E-state index in [1.807, 2.05) is 37.3 Å². The Morgan fingerprint density at radius 1 is 1.12 bits per heavy atom. The van der Waals surface area contributed by atoms with E-state index in [0.717, 1.165) is 34.5 Å². The predicted molar refractivity (Wildman–Crippen MR) is 124 cm³/mol. The summed E-state index contributed by atoms with van der Waals surface area (Å²) in [6.07, 6.45) is 2.57. The van der Waals surface area contributed by atoms with Crippen molar-refractivity contribution in [2.75, 3.05) is 18.4 Å². The standard InChI is InChI=1S/C25H26FN3O2S/c1-17-22(14-19-9-11-21(26)12-10-19)32-25(27-17)28-24(31)20-8-5-13-29(16-20)23(30)15-18-6-3-2-4-7-18/h2-4,6-7,9-12,20H,5,8,13-16H2,1H3,(H,27,28,31). The van der Waals surface area contributed by atoms with Crippen LogP contribution in [-0.2, 0) is 22.4 Å². The number of benzene rings is 2. The number of rotatable bonds is 6. The molecule has 1 aliphatic heterocycles. The van der Waals surface area contributed by atoms with Crippen LogP contribution >= 0.6 is 11.3 Å². The van der Waals surface area contributed by atoms with Gasteiger partial charge in [-0.3, -0.25) is 9.59 Å². The molecule has 166 valence electrons. The van der Waals surface area contributed by atoms with E-state index >= 15 is 0 Å². The van der Waals surface area contributed by atoms with Crippen molar-refractivity contribution < 1.29 is 14.0 Å². The van der Waals surface area contributed by atoms with Crippen LogP contribution in [0.25, 0.3) is 0 Å². The van der Waals surface area contributed by atoms with Crippen molar-refractivity contribution in [3.05, 3.63) is 82.1 Å². The second-order valence-corrected chi connectivity index (χ2v) is 9.25. The second-order valence-electron chi connectivity index (χ2n) is 8.16. The minimum Gasteiger partial charge on any atom is -0.342 e. The molecule has 1 N–H and O–H groups in total. The lowest BCUT2D eigenvalue weighted by atomic mass is 9.96. The number of likely N-dealkylation sites (tertiary alicyclic amines) is 1. The second kappa shape index (κ2) is 10.0. The molecule has 5 nitrogen and oxygen atoms in total. The average Bonchev–Trinajstić information content (AvgIpc) is 3.14. The Balaban J connectivity index is 1.35. The molecule has 1 saturated heterocycles. The smallest absolute Gasteiger partial charge is 0.231 e. The Kier molecular flexibility index (Phi) is 6.95. The van der Waals surface area contributed by atoms with E-state index in [4.69, 9.17) is 0 Å². The van der Waals surface area contributed by atoms with Crippen LogP contribution in [0.2, 0.25) is 0 Å². The largest absolute Gasteiger partial charge is 0.342 e. The molecule has 0 saturated carbocycles. The zero-order valence-electron chi connectivity index (χ0n) is 18.0. The molecule has 4 rings (SSSR count). The maximum absolute atomic E-state index is 13.1. The van der Waals surface area contributed by atoms with E-state index in [0.29, 0.717) is 31.1 Å². The highest BCUT2D eigenvalue weighted by Crippen LogP contribution is 2.27. The van der Waals surface area contributed by atoms with Crippen LogP contribution < -0.4 is 5.32 Å². The highest BCUT2D eigenvalue weighted by molar-refractivity contribution is 7.15. The van der Waals surface area contributed by atoms with Crippen molar-refractivity contribution in [1.82, 2.24) is 9.88 Å². The van der Waals surface area contributed by atoms with Crippen molar-refractivity contribution in [3.63, 3.8) is 0 Å². The fraction of sp³-hybridized carbons (Fsp3) is 0.320. The molecule has 0 spiro atoms. The van der Waals surface area contributed by atoms with Gasteiger partial charge in [0.1, 0.15) is 5.82 Å². The molecule has 1 aliphatic rings. The zero-order valence-corrected chi connectivity index (χ0v) is 18.8. The lowest BCUT2D eigenvalue weighted by Gasteiger charge is -2.32. The number of hydrogen-bond acceptors (Lipinski definition) is 4. The SMILES string of the molecule is Cc1nc(NC(=O)C2CCCN(C(=O)Cc3ccccc3)C2)sc1Cc1ccc(F)cc1. The molecule has 7 heteroatoms. The minimum atomic E-state index is -0.258. The summed E-state index contributed by atoms with van der Waals surface area (Å²) >= 11 is 1.44. The number of carbonyl (C=O) groups excluding carboxylic acids is 2. The summed E-state index contributed by atoms with van der Waals surface area (Å²) in [5.41, 5.74) is 2.84. The van der Waals surface area contributed by atoms with Gasteiger partial charge >= 0.3 is 0 Å². The molecule has 1 atom stereocenters. The first kappa shape index (κ1) is 22.1. The topological polar surface area (TPSA) is 62.3 Å². The van der Waals surface area contributed by atoms with Gasteiger partial charge in [-0.15, -0.1) is 11.3 Å². The quantitative estimate of drug-likeness (QED) is 0.596. The van der Waals surface area contributed by atoms with E-state index in [2.05, 4.69) is 10.3 Å². The fourth-order valence-corrected chi connectivity index (χ4v) is 4.94. The summed E-state index contributed by atoms with van der Waals surface area (Å²) in [5.74, 6) is -0.538. The molecule has 0 bridgehead atoms. The molecule has 1 unspecified atom stereocenters. The first-order chi connectivity index (χ1) is 15.5. The van der Waals surface area contributed by atoms with Gasteiger partial charge in [-0.25, -0.2) is 9.37 Å². The van der Waals surface area contributed by atoms with Crippen LogP contribution in [0, 0.1) is 18.7 Å². The molecule has 0 aliphatic carbocycles. The van der Waals surface area contributed by atoms with Crippen LogP contribution in [0.3, 0.4) is 0 Å². The van der Waals surface area contributed by atoms with Gasteiger partial charge in [0.15, 0.2) is 5.13 Å². The third-order valence-corrected chi connectivity index (χ3v) is 6.82. The number of nitrogens with one attached hydrogen (secondary N) is 1. The third kappa shape index (κ3) is 5.59. The number of amides is 2. The summed E-state index contributed by atoms with van der Waals surface area (Å²) in [4.78, 5) is 32.9. The van der Waals surface area contributed by atoms with Gasteiger partial charge in [0, 0.05) is 24.4 Å². The fourth-order valence-electron chi connectivity index (χ4n) is 3.94. The Labute approximate surface area is 191 Å². The molecule has 2 amide bonds. The summed E-state index contributed by atoms with van der Waals surface area (Å²) in [6, 6.07) is 16.1. The predicted octanol–water partition coefficient (Wildman–Crippen LogP) is 4.60. The van der Waals surface area contributed by atoms with Crippen LogP contribution in [-0.4, -0.2) is 34.8 Å². The molecule has 1 fully saturated rings. The average molecular weight is 452 g/mol. The van der Waals surface area contributed by atoms with E-state index in [-0.39, 0.29) is 23.5 Å². The van der Waals surface area contributed by atoms with Gasteiger partial charge in [0.2, 0.25) is 11.8 Å². The number of anilines is 1. The monoisotopic (exact) mass is 451 g/mol. The van der Waals surface area contributed by atoms with Crippen LogP contribution in [0.15, 0.2) is 54.6 Å². The number of hydrogen-bond donors (Lipinski definition) is 1. The van der Waals surface area contributed by atoms with Crippen LogP contribution in [0.5, 0.6) is 0 Å². The van der Waals surface area contributed by atoms with Gasteiger partial charge in [-0.2, -0.15) is 0 Å². The molecule has 1 aromatic heterocycles. The number of aryl methyl sites for hydroxylation is 1. The number of halogens is 1. The van der Waals surface area contributed by atoms with Crippen LogP contribution in [0.4, 0.5) is 9.52 Å². The number of piperidine rings is 1. The Morgan fingerprint density at radius 2 is 1.88 bits per heavy atom. The molecular formula is C25H26FN3O2S. The van der Waals surface area contributed by atoms with Crippen molar-refractivity contribution in [2.24, 2.45) is 5.92 Å². The number of nitrogens with zero attached hydrogens (tertiary/aromatic N) is 2. The Hall–Kier alpha value is -3.06. The van der Waals surface area contributed by atoms with Crippen LogP contribution in [0.1, 0.15) is 34.5 Å². The zero-order chi connectivity index (χ0) is 22.5. The number of aromatic nitrogens is 1. The van der Waals surface area contributed by atoms with E-state index in [1.54, 1.807) is 17.0 Å². The number of thiazole rings is 1. The Bertz CT molecular complexity index is 1080. The van der Waals surface area contributed by atoms with Crippen molar-refractivity contribution in [1.29, 1.82) is 0 Å². The van der Waals surface area contributed by atoms with E-state index < -0.39 is 0 Å². The number of carbonyl (C=O) groups is 2. The van der Waals surface area contributed by atoms with Crippen molar-refractivity contribution in [2.45, 2.75) is 32.6 Å². The van der Waals surface area contributed by atoms with Gasteiger partial charge in [0.25, 0.3) is 0 Å².